The summed E-state index contributed by atoms with van der Waals surface area (Å²) in [7, 11) is 0. The average molecular weight is 347 g/mol. The first-order valence-corrected chi connectivity index (χ1v) is 11.0. The summed E-state index contributed by atoms with van der Waals surface area (Å²) in [6, 6.07) is 0. The molecule has 4 unspecified atom stereocenters. The molecule has 0 heteroatoms. The molecule has 0 aromatic carbocycles. The minimum atomic E-state index is 0.737. The lowest BCUT2D eigenvalue weighted by molar-refractivity contribution is 0.644. The van der Waals surface area contributed by atoms with Crippen molar-refractivity contribution in [1.82, 2.24) is 0 Å². The van der Waals surface area contributed by atoms with Crippen molar-refractivity contribution in [2.45, 2.75) is 64.2 Å². The average Bonchev–Trinajstić information content (AvgIpc) is 2.98. The second-order valence-corrected chi connectivity index (χ2v) is 8.70. The number of hydrogen-bond donors (Lipinski definition) is 0. The molecular weight excluding hydrogens is 312 g/mol. The maximum atomic E-state index is 2.57. The van der Waals surface area contributed by atoms with E-state index in [2.05, 4.69) is 60.8 Å². The van der Waals surface area contributed by atoms with Crippen molar-refractivity contribution in [3.63, 3.8) is 0 Å². The van der Waals surface area contributed by atoms with Crippen LogP contribution < -0.4 is 0 Å². The van der Waals surface area contributed by atoms with Crippen LogP contribution in [-0.2, 0) is 0 Å². The molecular formula is C26H34. The molecule has 4 atom stereocenters. The second kappa shape index (κ2) is 8.89. The third-order valence-corrected chi connectivity index (χ3v) is 6.71. The summed E-state index contributed by atoms with van der Waals surface area (Å²) < 4.78 is 0. The van der Waals surface area contributed by atoms with E-state index in [1.54, 1.807) is 11.1 Å². The van der Waals surface area contributed by atoms with Gasteiger partial charge in [-0.15, -0.1) is 0 Å². The summed E-state index contributed by atoms with van der Waals surface area (Å²) in [6.45, 7) is 0. The van der Waals surface area contributed by atoms with Crippen molar-refractivity contribution in [2.75, 3.05) is 0 Å². The molecule has 0 heterocycles. The standard InChI is InChI=1S/C26H34/c1(3-5-13-23-17-21-11-7-9-15-25(23)19-21)2-4-6-14-24-18-22-12-8-10-16-26(24)20-22/h7-16,21-22,25-26H,1-6,17-20H2. The van der Waals surface area contributed by atoms with E-state index in [-0.39, 0.29) is 0 Å². The maximum absolute atomic E-state index is 2.57. The van der Waals surface area contributed by atoms with Gasteiger partial charge in [-0.05, 0) is 75.0 Å². The molecule has 0 radical (unpaired) electrons. The van der Waals surface area contributed by atoms with Gasteiger partial charge in [-0.3, -0.25) is 0 Å². The summed E-state index contributed by atoms with van der Waals surface area (Å²) in [5.41, 5.74) is 3.43. The van der Waals surface area contributed by atoms with Crippen molar-refractivity contribution in [3.8, 4) is 0 Å². The van der Waals surface area contributed by atoms with E-state index in [9.17, 15) is 0 Å². The van der Waals surface area contributed by atoms with Crippen LogP contribution in [0.5, 0.6) is 0 Å². The Bertz CT molecular complexity index is 594. The zero-order valence-corrected chi connectivity index (χ0v) is 16.2. The van der Waals surface area contributed by atoms with E-state index in [0.29, 0.717) is 0 Å². The summed E-state index contributed by atoms with van der Waals surface area (Å²) >= 11 is 0. The van der Waals surface area contributed by atoms with Gasteiger partial charge in [-0.2, -0.15) is 0 Å². The van der Waals surface area contributed by atoms with E-state index in [1.165, 1.54) is 64.2 Å². The smallest absolute Gasteiger partial charge is 0.00142 e. The molecule has 0 nitrogen and oxygen atoms in total. The third-order valence-electron chi connectivity index (χ3n) is 6.71. The van der Waals surface area contributed by atoms with Gasteiger partial charge < -0.3 is 0 Å². The quantitative estimate of drug-likeness (QED) is 0.331. The lowest BCUT2D eigenvalue weighted by Crippen LogP contribution is -1.91. The monoisotopic (exact) mass is 346 g/mol. The first-order chi connectivity index (χ1) is 12.9. The van der Waals surface area contributed by atoms with E-state index in [0.717, 1.165) is 23.7 Å². The Hall–Kier alpha value is -1.56. The zero-order chi connectivity index (χ0) is 17.6. The van der Waals surface area contributed by atoms with Gasteiger partial charge in [-0.25, -0.2) is 0 Å². The molecule has 4 rings (SSSR count). The molecule has 4 aliphatic carbocycles. The number of allylic oxidation sites excluding steroid dienone is 12. The van der Waals surface area contributed by atoms with Crippen LogP contribution in [0.25, 0.3) is 0 Å². The molecule has 0 aromatic heterocycles. The first kappa shape index (κ1) is 17.8. The molecule has 0 aliphatic heterocycles. The molecule has 0 spiro atoms. The molecule has 2 saturated carbocycles. The van der Waals surface area contributed by atoms with Gasteiger partial charge in [0.15, 0.2) is 0 Å². The largest absolute Gasteiger partial charge is 0.0847 e. The Balaban J connectivity index is 1.11. The van der Waals surface area contributed by atoms with E-state index in [4.69, 9.17) is 0 Å². The van der Waals surface area contributed by atoms with E-state index >= 15 is 0 Å². The number of hydrogen-bond acceptors (Lipinski definition) is 0. The summed E-state index contributed by atoms with van der Waals surface area (Å²) in [6.07, 6.45) is 37.2. The molecule has 2 fully saturated rings. The first-order valence-electron chi connectivity index (χ1n) is 11.0. The lowest BCUT2D eigenvalue weighted by atomic mass is 9.99. The third kappa shape index (κ3) is 4.58. The van der Waals surface area contributed by atoms with Crippen molar-refractivity contribution < 1.29 is 0 Å². The molecule has 0 amide bonds. The fourth-order valence-electron chi connectivity index (χ4n) is 5.25. The van der Waals surface area contributed by atoms with Crippen LogP contribution in [0.1, 0.15) is 64.2 Å². The van der Waals surface area contributed by atoms with Gasteiger partial charge in [0.05, 0.1) is 0 Å². The van der Waals surface area contributed by atoms with Gasteiger partial charge in [0.25, 0.3) is 0 Å². The molecule has 4 aliphatic rings. The Kier molecular flexibility index (Phi) is 6.10. The minimum absolute atomic E-state index is 0.737. The molecule has 0 N–H and O–H groups in total. The van der Waals surface area contributed by atoms with Crippen LogP contribution in [0.2, 0.25) is 0 Å². The van der Waals surface area contributed by atoms with Crippen LogP contribution in [0.4, 0.5) is 0 Å². The lowest BCUT2D eigenvalue weighted by Gasteiger charge is -2.07. The Morgan fingerprint density at radius 3 is 1.58 bits per heavy atom. The number of unbranched alkanes of at least 4 members (excludes halogenated alkanes) is 5. The van der Waals surface area contributed by atoms with Gasteiger partial charge in [-0.1, -0.05) is 84.7 Å². The van der Waals surface area contributed by atoms with Crippen LogP contribution >= 0.6 is 0 Å². The molecule has 0 aromatic rings. The van der Waals surface area contributed by atoms with Crippen LogP contribution in [0, 0.1) is 23.7 Å². The van der Waals surface area contributed by atoms with Crippen LogP contribution in [0.15, 0.2) is 71.9 Å². The van der Waals surface area contributed by atoms with Gasteiger partial charge in [0.1, 0.15) is 0 Å². The van der Waals surface area contributed by atoms with Gasteiger partial charge in [0.2, 0.25) is 0 Å². The maximum Gasteiger partial charge on any atom is -0.00142 e. The van der Waals surface area contributed by atoms with E-state index in [1.807, 2.05) is 0 Å². The zero-order valence-electron chi connectivity index (χ0n) is 16.2. The fraction of sp³-hybridized carbons (Fsp3) is 0.538. The Labute approximate surface area is 160 Å². The highest BCUT2D eigenvalue weighted by molar-refractivity contribution is 5.27. The summed E-state index contributed by atoms with van der Waals surface area (Å²) in [5.74, 6) is 3.08. The Morgan fingerprint density at radius 2 is 1.08 bits per heavy atom. The van der Waals surface area contributed by atoms with Crippen LogP contribution in [-0.4, -0.2) is 0 Å². The number of fused-ring (bicyclic) bond motifs is 4. The molecule has 26 heavy (non-hydrogen) atoms. The van der Waals surface area contributed by atoms with Crippen molar-refractivity contribution in [2.24, 2.45) is 23.7 Å². The summed E-state index contributed by atoms with van der Waals surface area (Å²) in [5, 5.41) is 0. The molecule has 4 bridgehead atoms. The topological polar surface area (TPSA) is 0 Å². The molecule has 138 valence electrons. The fourth-order valence-corrected chi connectivity index (χ4v) is 5.25. The summed E-state index contributed by atoms with van der Waals surface area (Å²) in [4.78, 5) is 0. The normalized spacial score (nSPS) is 34.8. The minimum Gasteiger partial charge on any atom is -0.0847 e. The predicted octanol–water partition coefficient (Wildman–Crippen LogP) is 7.48. The second-order valence-electron chi connectivity index (χ2n) is 8.70. The van der Waals surface area contributed by atoms with Crippen molar-refractivity contribution in [3.05, 3.63) is 71.9 Å². The van der Waals surface area contributed by atoms with Gasteiger partial charge in [0, 0.05) is 0 Å². The highest BCUT2D eigenvalue weighted by atomic mass is 14.3. The highest BCUT2D eigenvalue weighted by Crippen LogP contribution is 2.40. The Morgan fingerprint density at radius 1 is 0.615 bits per heavy atom. The van der Waals surface area contributed by atoms with Crippen LogP contribution in [0.3, 0.4) is 0 Å². The van der Waals surface area contributed by atoms with Crippen molar-refractivity contribution in [1.29, 1.82) is 0 Å². The predicted molar refractivity (Wildman–Crippen MR) is 113 cm³/mol. The highest BCUT2D eigenvalue weighted by Gasteiger charge is 2.27. The number of rotatable bonds is 7. The van der Waals surface area contributed by atoms with Crippen molar-refractivity contribution >= 4 is 0 Å². The SMILES string of the molecule is C1=CC2CC(=CCCCCCCC=C3CC4C=CC=CC3C4)C(C=C1)C2. The van der Waals surface area contributed by atoms with E-state index < -0.39 is 0 Å². The molecule has 0 saturated heterocycles. The van der Waals surface area contributed by atoms with Gasteiger partial charge >= 0.3 is 0 Å².